The largest absolute Gasteiger partial charge is 0.283 e. The Morgan fingerprint density at radius 1 is 1.22 bits per heavy atom. The molecule has 0 atom stereocenters. The third kappa shape index (κ3) is 2.96. The Kier molecular flexibility index (Phi) is 3.33. The lowest BCUT2D eigenvalue weighted by Crippen LogP contribution is -2.17. The minimum Gasteiger partial charge on any atom is -0.283 e. The van der Waals surface area contributed by atoms with Crippen LogP contribution in [0, 0.1) is 6.92 Å². The highest BCUT2D eigenvalue weighted by Gasteiger charge is 2.35. The van der Waals surface area contributed by atoms with E-state index in [0.717, 1.165) is 0 Å². The van der Waals surface area contributed by atoms with Gasteiger partial charge in [0.1, 0.15) is 0 Å². The summed E-state index contributed by atoms with van der Waals surface area (Å²) in [5, 5.41) is -0.325. The molecule has 0 bridgehead atoms. The first-order valence-corrected chi connectivity index (χ1v) is 9.13. The van der Waals surface area contributed by atoms with E-state index < -0.39 is 19.1 Å². The van der Waals surface area contributed by atoms with Crippen LogP contribution in [-0.4, -0.2) is 22.1 Å². The van der Waals surface area contributed by atoms with Crippen LogP contribution in [0.5, 0.6) is 0 Å². The average Bonchev–Trinajstić information content (AvgIpc) is 2.97. The molecule has 18 heavy (non-hydrogen) atoms. The molecule has 1 N–H and O–H groups in total. The van der Waals surface area contributed by atoms with Gasteiger partial charge in [0, 0.05) is 16.4 Å². The lowest BCUT2D eigenvalue weighted by molar-refractivity contribution is 0.600. The van der Waals surface area contributed by atoms with Gasteiger partial charge in [-0.15, -0.1) is 0 Å². The van der Waals surface area contributed by atoms with Crippen molar-refractivity contribution in [2.45, 2.75) is 29.9 Å². The molecule has 1 aromatic carbocycles. The van der Waals surface area contributed by atoms with Gasteiger partial charge in [0.2, 0.25) is 10.0 Å². The van der Waals surface area contributed by atoms with Crippen LogP contribution >= 0.6 is 10.7 Å². The average molecular weight is 310 g/mol. The molecule has 5 nitrogen and oxygen atoms in total. The Balaban J connectivity index is 2.30. The zero-order valence-electron chi connectivity index (χ0n) is 9.55. The molecule has 0 radical (unpaired) electrons. The first kappa shape index (κ1) is 13.6. The molecule has 0 aliphatic heterocycles. The number of hydrogen-bond acceptors (Lipinski definition) is 4. The number of anilines is 1. The fourth-order valence-electron chi connectivity index (χ4n) is 1.61. The van der Waals surface area contributed by atoms with Crippen molar-refractivity contribution in [3.05, 3.63) is 23.8 Å². The maximum atomic E-state index is 11.7. The second-order valence-electron chi connectivity index (χ2n) is 4.26. The normalized spacial score (nSPS) is 16.6. The third-order valence-corrected chi connectivity index (χ3v) is 6.01. The molecule has 100 valence electrons. The number of hydrogen-bond donors (Lipinski definition) is 1. The Morgan fingerprint density at radius 2 is 1.83 bits per heavy atom. The number of halogens is 1. The van der Waals surface area contributed by atoms with E-state index in [0.29, 0.717) is 24.1 Å². The number of aryl methyl sites for hydroxylation is 1. The molecule has 0 saturated heterocycles. The van der Waals surface area contributed by atoms with Crippen molar-refractivity contribution in [1.29, 1.82) is 0 Å². The van der Waals surface area contributed by atoms with Crippen molar-refractivity contribution in [3.8, 4) is 0 Å². The number of rotatable bonds is 4. The topological polar surface area (TPSA) is 80.3 Å². The minimum absolute atomic E-state index is 0.0152. The van der Waals surface area contributed by atoms with Gasteiger partial charge in [-0.25, -0.2) is 16.8 Å². The summed E-state index contributed by atoms with van der Waals surface area (Å²) in [4.78, 5) is -0.0152. The van der Waals surface area contributed by atoms with E-state index in [-0.39, 0.29) is 10.1 Å². The van der Waals surface area contributed by atoms with Crippen LogP contribution in [0.2, 0.25) is 0 Å². The molecule has 0 aromatic heterocycles. The Morgan fingerprint density at radius 3 is 2.28 bits per heavy atom. The molecule has 1 aromatic rings. The van der Waals surface area contributed by atoms with Gasteiger partial charge in [-0.05, 0) is 43.5 Å². The summed E-state index contributed by atoms with van der Waals surface area (Å²) in [5.41, 5.74) is 0.754. The second kappa shape index (κ2) is 4.40. The van der Waals surface area contributed by atoms with E-state index in [2.05, 4.69) is 4.72 Å². The minimum atomic E-state index is -3.80. The van der Waals surface area contributed by atoms with Gasteiger partial charge in [0.15, 0.2) is 0 Å². The van der Waals surface area contributed by atoms with Gasteiger partial charge < -0.3 is 0 Å². The van der Waals surface area contributed by atoms with Crippen LogP contribution in [0.25, 0.3) is 0 Å². The van der Waals surface area contributed by atoms with Crippen LogP contribution in [0.15, 0.2) is 23.1 Å². The molecule has 0 heterocycles. The first-order valence-electron chi connectivity index (χ1n) is 5.27. The molecule has 1 aliphatic carbocycles. The Labute approximate surface area is 111 Å². The van der Waals surface area contributed by atoms with Crippen molar-refractivity contribution < 1.29 is 16.8 Å². The fraction of sp³-hybridized carbons (Fsp3) is 0.400. The smallest absolute Gasteiger partial charge is 0.261 e. The lowest BCUT2D eigenvalue weighted by Gasteiger charge is -2.09. The standard InChI is InChI=1S/C10H12ClNO4S2/c1-7-6-8(2-5-10(7)17(11,13)14)12-18(15,16)9-3-4-9/h2,5-6,9,12H,3-4H2,1H3. The van der Waals surface area contributed by atoms with Gasteiger partial charge in [0.25, 0.3) is 9.05 Å². The van der Waals surface area contributed by atoms with Crippen molar-refractivity contribution >= 4 is 35.4 Å². The van der Waals surface area contributed by atoms with E-state index >= 15 is 0 Å². The molecule has 2 rings (SSSR count). The summed E-state index contributed by atoms with van der Waals surface area (Å²) in [7, 11) is -1.90. The number of benzene rings is 1. The molecule has 0 amide bonds. The van der Waals surface area contributed by atoms with Crippen molar-refractivity contribution in [3.63, 3.8) is 0 Å². The maximum absolute atomic E-state index is 11.7. The van der Waals surface area contributed by atoms with Crippen LogP contribution in [0.1, 0.15) is 18.4 Å². The fourth-order valence-corrected chi connectivity index (χ4v) is 4.18. The van der Waals surface area contributed by atoms with Gasteiger partial charge in [-0.2, -0.15) is 0 Å². The predicted molar refractivity (Wildman–Crippen MR) is 69.8 cm³/mol. The van der Waals surface area contributed by atoms with Crippen LogP contribution < -0.4 is 4.72 Å². The van der Waals surface area contributed by atoms with E-state index in [1.807, 2.05) is 0 Å². The Bertz CT molecular complexity index is 678. The van der Waals surface area contributed by atoms with Crippen LogP contribution in [0.3, 0.4) is 0 Å². The summed E-state index contributed by atoms with van der Waals surface area (Å²) < 4.78 is 48.2. The molecular formula is C10H12ClNO4S2. The molecule has 0 spiro atoms. The van der Waals surface area contributed by atoms with Crippen LogP contribution in [0.4, 0.5) is 5.69 Å². The highest BCUT2D eigenvalue weighted by Crippen LogP contribution is 2.30. The summed E-state index contributed by atoms with van der Waals surface area (Å²) in [6.07, 6.45) is 1.34. The van der Waals surface area contributed by atoms with Gasteiger partial charge in [-0.1, -0.05) is 0 Å². The highest BCUT2D eigenvalue weighted by atomic mass is 35.7. The monoisotopic (exact) mass is 309 g/mol. The third-order valence-electron chi connectivity index (χ3n) is 2.66. The molecule has 1 fully saturated rings. The maximum Gasteiger partial charge on any atom is 0.261 e. The van der Waals surface area contributed by atoms with Crippen LogP contribution in [-0.2, 0) is 19.1 Å². The van der Waals surface area contributed by atoms with E-state index in [9.17, 15) is 16.8 Å². The SMILES string of the molecule is Cc1cc(NS(=O)(=O)C2CC2)ccc1S(=O)(=O)Cl. The van der Waals surface area contributed by atoms with E-state index in [1.54, 1.807) is 6.92 Å². The summed E-state index contributed by atoms with van der Waals surface area (Å²) in [6.45, 7) is 1.56. The first-order chi connectivity index (χ1) is 8.20. The Hall–Kier alpha value is -0.790. The molecule has 1 saturated carbocycles. The van der Waals surface area contributed by atoms with Crippen molar-refractivity contribution in [1.82, 2.24) is 0 Å². The van der Waals surface area contributed by atoms with E-state index in [1.165, 1.54) is 18.2 Å². The van der Waals surface area contributed by atoms with Crippen molar-refractivity contribution in [2.24, 2.45) is 0 Å². The molecular weight excluding hydrogens is 298 g/mol. The number of nitrogens with one attached hydrogen (secondary N) is 1. The lowest BCUT2D eigenvalue weighted by atomic mass is 10.2. The zero-order chi connectivity index (χ0) is 13.6. The molecule has 8 heteroatoms. The summed E-state index contributed by atoms with van der Waals surface area (Å²) in [6, 6.07) is 4.14. The van der Waals surface area contributed by atoms with E-state index in [4.69, 9.17) is 10.7 Å². The number of sulfonamides is 1. The zero-order valence-corrected chi connectivity index (χ0v) is 11.9. The molecule has 1 aliphatic rings. The quantitative estimate of drug-likeness (QED) is 0.860. The van der Waals surface area contributed by atoms with Gasteiger partial charge >= 0.3 is 0 Å². The van der Waals surface area contributed by atoms with Gasteiger partial charge in [-0.3, -0.25) is 4.72 Å². The second-order valence-corrected chi connectivity index (χ2v) is 8.76. The van der Waals surface area contributed by atoms with Crippen molar-refractivity contribution in [2.75, 3.05) is 4.72 Å². The highest BCUT2D eigenvalue weighted by molar-refractivity contribution is 8.13. The summed E-state index contributed by atoms with van der Waals surface area (Å²) in [5.74, 6) is 0. The predicted octanol–water partition coefficient (Wildman–Crippen LogP) is 1.83. The molecule has 0 unspecified atom stereocenters. The van der Waals surface area contributed by atoms with Gasteiger partial charge in [0.05, 0.1) is 10.1 Å². The summed E-state index contributed by atoms with van der Waals surface area (Å²) >= 11 is 0.